The molecule has 2 aromatic carbocycles. The molecule has 0 unspecified atom stereocenters. The Labute approximate surface area is 168 Å². The zero-order chi connectivity index (χ0) is 20.1. The summed E-state index contributed by atoms with van der Waals surface area (Å²) in [5, 5.41) is 20.6. The molecule has 0 saturated carbocycles. The maximum atomic E-state index is 11.7. The molecule has 0 aliphatic rings. The fraction of sp³-hybridized carbons (Fsp3) is 0.105. The van der Waals surface area contributed by atoms with Crippen molar-refractivity contribution in [1.82, 2.24) is 4.98 Å². The zero-order valence-corrected chi connectivity index (χ0v) is 16.3. The molecule has 0 saturated heterocycles. The number of nitro groups is 1. The number of hydrogen-bond acceptors (Lipinski definition) is 8. The van der Waals surface area contributed by atoms with Crippen molar-refractivity contribution in [2.45, 2.75) is 16.2 Å². The first-order chi connectivity index (χ1) is 13.5. The third-order valence-electron chi connectivity index (χ3n) is 3.58. The van der Waals surface area contributed by atoms with E-state index in [1.54, 1.807) is 25.1 Å². The van der Waals surface area contributed by atoms with E-state index in [9.17, 15) is 14.9 Å². The van der Waals surface area contributed by atoms with Crippen LogP contribution in [-0.4, -0.2) is 22.5 Å². The minimum atomic E-state index is -0.763. The molecule has 140 valence electrons. The Morgan fingerprint density at radius 2 is 2.18 bits per heavy atom. The Bertz CT molecular complexity index is 1100. The highest BCUT2D eigenvalue weighted by Gasteiger charge is 2.18. The van der Waals surface area contributed by atoms with Gasteiger partial charge in [0.15, 0.2) is 4.34 Å². The van der Waals surface area contributed by atoms with Gasteiger partial charge in [0, 0.05) is 6.07 Å². The molecule has 1 heterocycles. The lowest BCUT2D eigenvalue weighted by Crippen LogP contribution is -2.06. The number of para-hydroxylation sites is 1. The van der Waals surface area contributed by atoms with Crippen LogP contribution in [-0.2, 0) is 9.53 Å². The van der Waals surface area contributed by atoms with Gasteiger partial charge in [-0.2, -0.15) is 5.26 Å². The maximum absolute atomic E-state index is 11.7. The lowest BCUT2D eigenvalue weighted by Gasteiger charge is -2.03. The van der Waals surface area contributed by atoms with Crippen LogP contribution in [0.1, 0.15) is 12.5 Å². The predicted molar refractivity (Wildman–Crippen MR) is 107 cm³/mol. The number of ether oxygens (including phenoxy) is 1. The van der Waals surface area contributed by atoms with Crippen molar-refractivity contribution in [3.63, 3.8) is 0 Å². The molecule has 9 heteroatoms. The number of esters is 1. The molecule has 0 atom stereocenters. The summed E-state index contributed by atoms with van der Waals surface area (Å²) in [6.07, 6.45) is 1.27. The maximum Gasteiger partial charge on any atom is 0.348 e. The van der Waals surface area contributed by atoms with E-state index in [2.05, 4.69) is 4.98 Å². The standard InChI is InChI=1S/C19H13N3O4S2/c1-2-26-18(23)13(11-20)9-12-7-8-17(15(10-12)22(24)25)28-19-21-14-5-3-4-6-16(14)27-19/h3-10H,2H2,1H3/b13-9+. The summed E-state index contributed by atoms with van der Waals surface area (Å²) in [6.45, 7) is 1.77. The molecule has 0 radical (unpaired) electrons. The summed E-state index contributed by atoms with van der Waals surface area (Å²) in [7, 11) is 0. The van der Waals surface area contributed by atoms with Crippen LogP contribution >= 0.6 is 23.1 Å². The second-order valence-electron chi connectivity index (χ2n) is 5.42. The lowest BCUT2D eigenvalue weighted by molar-refractivity contribution is -0.387. The van der Waals surface area contributed by atoms with E-state index >= 15 is 0 Å². The van der Waals surface area contributed by atoms with Crippen LogP contribution in [0.3, 0.4) is 0 Å². The van der Waals surface area contributed by atoms with Gasteiger partial charge in [0.05, 0.1) is 26.6 Å². The van der Waals surface area contributed by atoms with Crippen LogP contribution < -0.4 is 0 Å². The van der Waals surface area contributed by atoms with Crippen LogP contribution in [0.15, 0.2) is 57.3 Å². The molecule has 0 aliphatic heterocycles. The van der Waals surface area contributed by atoms with E-state index in [1.807, 2.05) is 24.3 Å². The molecule has 28 heavy (non-hydrogen) atoms. The molecule has 7 nitrogen and oxygen atoms in total. The second-order valence-corrected chi connectivity index (χ2v) is 7.74. The average molecular weight is 411 g/mol. The van der Waals surface area contributed by atoms with Gasteiger partial charge in [-0.1, -0.05) is 30.0 Å². The molecule has 0 spiro atoms. The van der Waals surface area contributed by atoms with Crippen molar-refractivity contribution in [1.29, 1.82) is 5.26 Å². The number of benzene rings is 2. The number of fused-ring (bicyclic) bond motifs is 1. The number of nitrogens with zero attached hydrogens (tertiary/aromatic N) is 3. The van der Waals surface area contributed by atoms with Crippen molar-refractivity contribution >= 4 is 51.0 Å². The van der Waals surface area contributed by atoms with Crippen LogP contribution in [0.2, 0.25) is 0 Å². The minimum absolute atomic E-state index is 0.126. The monoisotopic (exact) mass is 411 g/mol. The summed E-state index contributed by atoms with van der Waals surface area (Å²) >= 11 is 2.66. The van der Waals surface area contributed by atoms with E-state index in [-0.39, 0.29) is 17.9 Å². The van der Waals surface area contributed by atoms with Crippen molar-refractivity contribution in [3.05, 3.63) is 63.7 Å². The Kier molecular flexibility index (Phi) is 6.03. The summed E-state index contributed by atoms with van der Waals surface area (Å²) < 4.78 is 6.49. The molecule has 0 N–H and O–H groups in total. The Hall–Kier alpha value is -3.22. The summed E-state index contributed by atoms with van der Waals surface area (Å²) in [6, 6.07) is 13.9. The molecule has 1 aromatic heterocycles. The first kappa shape index (κ1) is 19.5. The fourth-order valence-corrected chi connectivity index (χ4v) is 4.46. The number of rotatable bonds is 6. The molecule has 0 bridgehead atoms. The molecule has 0 amide bonds. The summed E-state index contributed by atoms with van der Waals surface area (Å²) in [5.41, 5.74) is 0.858. The van der Waals surface area contributed by atoms with Crippen LogP contribution in [0, 0.1) is 21.4 Å². The Morgan fingerprint density at radius 1 is 1.39 bits per heavy atom. The van der Waals surface area contributed by atoms with Gasteiger partial charge in [0.1, 0.15) is 11.6 Å². The smallest absolute Gasteiger partial charge is 0.348 e. The topological polar surface area (TPSA) is 106 Å². The van der Waals surface area contributed by atoms with Crippen LogP contribution in [0.4, 0.5) is 5.69 Å². The van der Waals surface area contributed by atoms with E-state index in [0.717, 1.165) is 10.2 Å². The summed E-state index contributed by atoms with van der Waals surface area (Å²) in [4.78, 5) is 27.7. The molecular formula is C19H13N3O4S2. The highest BCUT2D eigenvalue weighted by molar-refractivity contribution is 8.01. The number of hydrogen-bond donors (Lipinski definition) is 0. The average Bonchev–Trinajstić information content (AvgIpc) is 3.09. The van der Waals surface area contributed by atoms with Gasteiger partial charge in [-0.3, -0.25) is 10.1 Å². The number of thiazole rings is 1. The highest BCUT2D eigenvalue weighted by Crippen LogP contribution is 2.39. The van der Waals surface area contributed by atoms with Gasteiger partial charge in [0.2, 0.25) is 0 Å². The van der Waals surface area contributed by atoms with Crippen molar-refractivity contribution in [2.75, 3.05) is 6.61 Å². The molecular weight excluding hydrogens is 398 g/mol. The van der Waals surface area contributed by atoms with Gasteiger partial charge < -0.3 is 4.74 Å². The van der Waals surface area contributed by atoms with E-state index in [4.69, 9.17) is 10.00 Å². The molecule has 3 aromatic rings. The highest BCUT2D eigenvalue weighted by atomic mass is 32.2. The van der Waals surface area contributed by atoms with E-state index < -0.39 is 10.9 Å². The third-order valence-corrected chi connectivity index (χ3v) is 5.74. The lowest BCUT2D eigenvalue weighted by atomic mass is 10.1. The fourth-order valence-electron chi connectivity index (χ4n) is 2.35. The quantitative estimate of drug-likeness (QED) is 0.188. The summed E-state index contributed by atoms with van der Waals surface area (Å²) in [5.74, 6) is -0.763. The van der Waals surface area contributed by atoms with Gasteiger partial charge >= 0.3 is 5.97 Å². The Balaban J connectivity index is 1.94. The number of carbonyl (C=O) groups is 1. The van der Waals surface area contributed by atoms with Gasteiger partial charge in [-0.25, -0.2) is 9.78 Å². The third kappa shape index (κ3) is 4.36. The molecule has 3 rings (SSSR count). The van der Waals surface area contributed by atoms with E-state index in [0.29, 0.717) is 14.8 Å². The SMILES string of the molecule is CCOC(=O)/C(C#N)=C/c1ccc(Sc2nc3ccccc3s2)c([N+](=O)[O-])c1. The second kappa shape index (κ2) is 8.65. The number of nitro benzene ring substituents is 1. The number of carbonyl (C=O) groups excluding carboxylic acids is 1. The zero-order valence-electron chi connectivity index (χ0n) is 14.6. The van der Waals surface area contributed by atoms with Crippen LogP contribution in [0.5, 0.6) is 0 Å². The van der Waals surface area contributed by atoms with Gasteiger partial charge in [-0.15, -0.1) is 11.3 Å². The minimum Gasteiger partial charge on any atom is -0.462 e. The van der Waals surface area contributed by atoms with E-state index in [1.165, 1.54) is 35.2 Å². The largest absolute Gasteiger partial charge is 0.462 e. The Morgan fingerprint density at radius 3 is 2.86 bits per heavy atom. The first-order valence-electron chi connectivity index (χ1n) is 8.12. The normalized spacial score (nSPS) is 11.2. The van der Waals surface area contributed by atoms with Crippen molar-refractivity contribution < 1.29 is 14.5 Å². The van der Waals surface area contributed by atoms with Gasteiger partial charge in [-0.05, 0) is 36.8 Å². The number of nitriles is 1. The van der Waals surface area contributed by atoms with Crippen molar-refractivity contribution in [3.8, 4) is 6.07 Å². The molecule has 0 aliphatic carbocycles. The molecule has 0 fully saturated rings. The van der Waals surface area contributed by atoms with Crippen molar-refractivity contribution in [2.24, 2.45) is 0 Å². The van der Waals surface area contributed by atoms with Crippen LogP contribution in [0.25, 0.3) is 16.3 Å². The number of aromatic nitrogens is 1. The first-order valence-corrected chi connectivity index (χ1v) is 9.76. The predicted octanol–water partition coefficient (Wildman–Crippen LogP) is 4.83. The van der Waals surface area contributed by atoms with Gasteiger partial charge in [0.25, 0.3) is 5.69 Å².